The van der Waals surface area contributed by atoms with E-state index in [2.05, 4.69) is 47.4 Å². The lowest BCUT2D eigenvalue weighted by atomic mass is 9.46. The Kier molecular flexibility index (Phi) is 6.25. The predicted molar refractivity (Wildman–Crippen MR) is 148 cm³/mol. The number of unbranched alkanes of at least 4 members (excludes halogenated alkanes) is 1. The first-order chi connectivity index (χ1) is 18.6. The molecule has 5 aliphatic rings. The van der Waals surface area contributed by atoms with E-state index in [9.17, 15) is 10.2 Å². The normalized spacial score (nSPS) is 35.3. The average molecular weight is 518 g/mol. The van der Waals surface area contributed by atoms with Gasteiger partial charge in [0, 0.05) is 29.0 Å². The second-order valence-electron chi connectivity index (χ2n) is 13.0. The second-order valence-corrected chi connectivity index (χ2v) is 13.0. The van der Waals surface area contributed by atoms with E-state index in [1.807, 2.05) is 0 Å². The van der Waals surface area contributed by atoms with Gasteiger partial charge >= 0.3 is 0 Å². The number of aliphatic hydroxyl groups is 2. The number of piperidine rings is 1. The van der Waals surface area contributed by atoms with Crippen LogP contribution in [-0.4, -0.2) is 60.2 Å². The van der Waals surface area contributed by atoms with Crippen LogP contribution >= 0.6 is 0 Å². The molecule has 4 unspecified atom stereocenters. The summed E-state index contributed by atoms with van der Waals surface area (Å²) in [7, 11) is 1.72. The molecule has 1 saturated heterocycles. The van der Waals surface area contributed by atoms with Gasteiger partial charge in [-0.1, -0.05) is 49.2 Å². The van der Waals surface area contributed by atoms with Crippen molar-refractivity contribution >= 4 is 0 Å². The number of ether oxygens (including phenoxy) is 2. The highest BCUT2D eigenvalue weighted by molar-refractivity contribution is 5.61. The molecule has 5 nitrogen and oxygen atoms in total. The minimum absolute atomic E-state index is 0.0155. The van der Waals surface area contributed by atoms with E-state index in [4.69, 9.17) is 9.47 Å². The Balaban J connectivity index is 1.21. The van der Waals surface area contributed by atoms with Gasteiger partial charge in [0.05, 0.1) is 19.8 Å². The Morgan fingerprint density at radius 3 is 2.68 bits per heavy atom. The molecule has 2 aromatic rings. The summed E-state index contributed by atoms with van der Waals surface area (Å²) in [6.07, 6.45) is 9.95. The quantitative estimate of drug-likeness (QED) is 0.464. The molecule has 0 aromatic heterocycles. The van der Waals surface area contributed by atoms with E-state index in [0.717, 1.165) is 68.9 Å². The van der Waals surface area contributed by atoms with Crippen molar-refractivity contribution in [2.75, 3.05) is 26.8 Å². The van der Waals surface area contributed by atoms with Crippen molar-refractivity contribution in [1.82, 2.24) is 4.90 Å². The smallest absolute Gasteiger partial charge is 0.165 e. The van der Waals surface area contributed by atoms with Gasteiger partial charge < -0.3 is 19.7 Å². The van der Waals surface area contributed by atoms with Crippen molar-refractivity contribution in [1.29, 1.82) is 0 Å². The molecule has 2 saturated carbocycles. The van der Waals surface area contributed by atoms with E-state index in [0.29, 0.717) is 12.0 Å². The van der Waals surface area contributed by atoms with Gasteiger partial charge in [-0.2, -0.15) is 0 Å². The molecule has 38 heavy (non-hydrogen) atoms. The fourth-order valence-electron chi connectivity index (χ4n) is 9.09. The van der Waals surface area contributed by atoms with Crippen molar-refractivity contribution in [3.8, 4) is 11.5 Å². The topological polar surface area (TPSA) is 62.2 Å². The maximum absolute atomic E-state index is 12.1. The summed E-state index contributed by atoms with van der Waals surface area (Å²) in [5.41, 5.74) is 3.35. The highest BCUT2D eigenvalue weighted by atomic mass is 16.5. The Morgan fingerprint density at radius 2 is 1.95 bits per heavy atom. The lowest BCUT2D eigenvalue weighted by molar-refractivity contribution is -0.182. The van der Waals surface area contributed by atoms with Crippen LogP contribution in [0.1, 0.15) is 68.1 Å². The third-order valence-corrected chi connectivity index (χ3v) is 11.3. The highest BCUT2D eigenvalue weighted by Gasteiger charge is 2.70. The van der Waals surface area contributed by atoms with Crippen molar-refractivity contribution in [2.45, 2.75) is 87.9 Å². The van der Waals surface area contributed by atoms with Crippen LogP contribution in [-0.2, 0) is 18.3 Å². The first-order valence-corrected chi connectivity index (χ1v) is 15.0. The lowest BCUT2D eigenvalue weighted by Gasteiger charge is -2.63. The Morgan fingerprint density at radius 1 is 1.11 bits per heavy atom. The second kappa shape index (κ2) is 9.53. The number of hydrogen-bond donors (Lipinski definition) is 2. The zero-order valence-corrected chi connectivity index (χ0v) is 22.8. The number of methoxy groups -OCH3 is 1. The van der Waals surface area contributed by atoms with E-state index < -0.39 is 11.5 Å². The molecule has 0 radical (unpaired) electrons. The number of nitrogens with zero attached hydrogens (tertiary/aromatic N) is 1. The molecule has 0 amide bonds. The van der Waals surface area contributed by atoms with Gasteiger partial charge in [0.2, 0.25) is 0 Å². The van der Waals surface area contributed by atoms with Crippen LogP contribution in [0, 0.1) is 17.3 Å². The molecule has 7 rings (SSSR count). The van der Waals surface area contributed by atoms with E-state index in [-0.39, 0.29) is 18.1 Å². The van der Waals surface area contributed by atoms with Gasteiger partial charge in [0.15, 0.2) is 11.5 Å². The largest absolute Gasteiger partial charge is 0.493 e. The molecular formula is C33H43NO4. The van der Waals surface area contributed by atoms with E-state index in [1.165, 1.54) is 42.5 Å². The first-order valence-electron chi connectivity index (χ1n) is 15.0. The van der Waals surface area contributed by atoms with E-state index in [1.54, 1.807) is 7.11 Å². The Hall–Kier alpha value is -2.08. The maximum Gasteiger partial charge on any atom is 0.165 e. The monoisotopic (exact) mass is 517 g/mol. The van der Waals surface area contributed by atoms with Crippen molar-refractivity contribution < 1.29 is 19.7 Å². The summed E-state index contributed by atoms with van der Waals surface area (Å²) in [4.78, 5) is 2.79. The van der Waals surface area contributed by atoms with E-state index >= 15 is 0 Å². The SMILES string of the molecule is COc1ccc2c3c1OC1[C@H](O)[C@](CO)(CCCCc4ccccc4)CC4C(C2)N(CC2CCC2)CCC341. The predicted octanol–water partition coefficient (Wildman–Crippen LogP) is 4.90. The summed E-state index contributed by atoms with van der Waals surface area (Å²) >= 11 is 0. The molecule has 1 spiro atoms. The molecule has 2 bridgehead atoms. The number of rotatable bonds is 9. The molecule has 2 aromatic carbocycles. The minimum Gasteiger partial charge on any atom is -0.493 e. The number of benzene rings is 2. The molecule has 2 heterocycles. The third-order valence-electron chi connectivity index (χ3n) is 11.3. The average Bonchev–Trinajstić information content (AvgIpc) is 3.27. The number of aliphatic hydroxyl groups excluding tert-OH is 2. The maximum atomic E-state index is 12.1. The molecule has 204 valence electrons. The van der Waals surface area contributed by atoms with Crippen LogP contribution in [0.2, 0.25) is 0 Å². The molecule has 2 N–H and O–H groups in total. The summed E-state index contributed by atoms with van der Waals surface area (Å²) in [6.45, 7) is 2.29. The molecule has 5 heteroatoms. The van der Waals surface area contributed by atoms with Crippen LogP contribution in [0.15, 0.2) is 42.5 Å². The number of aryl methyl sites for hydroxylation is 1. The van der Waals surface area contributed by atoms with Crippen LogP contribution in [0.4, 0.5) is 0 Å². The Labute approximate surface area is 227 Å². The zero-order valence-electron chi connectivity index (χ0n) is 22.8. The molecule has 6 atom stereocenters. The summed E-state index contributed by atoms with van der Waals surface area (Å²) < 4.78 is 12.6. The summed E-state index contributed by atoms with van der Waals surface area (Å²) in [5, 5.41) is 23.1. The molecule has 3 aliphatic carbocycles. The summed E-state index contributed by atoms with van der Waals surface area (Å²) in [6, 6.07) is 15.4. The van der Waals surface area contributed by atoms with Crippen molar-refractivity contribution in [3.63, 3.8) is 0 Å². The summed E-state index contributed by atoms with van der Waals surface area (Å²) in [5.74, 6) is 2.86. The molecular weight excluding hydrogens is 474 g/mol. The van der Waals surface area contributed by atoms with Gasteiger partial charge in [-0.15, -0.1) is 0 Å². The van der Waals surface area contributed by atoms with Gasteiger partial charge in [-0.05, 0) is 86.9 Å². The highest BCUT2D eigenvalue weighted by Crippen LogP contribution is 2.67. The van der Waals surface area contributed by atoms with Gasteiger partial charge in [0.25, 0.3) is 0 Å². The first kappa shape index (κ1) is 24.9. The van der Waals surface area contributed by atoms with Crippen LogP contribution in [0.25, 0.3) is 0 Å². The number of likely N-dealkylation sites (tertiary alicyclic amines) is 1. The van der Waals surface area contributed by atoms with Gasteiger partial charge in [-0.25, -0.2) is 0 Å². The van der Waals surface area contributed by atoms with Crippen molar-refractivity contribution in [3.05, 3.63) is 59.2 Å². The van der Waals surface area contributed by atoms with Gasteiger partial charge in [0.1, 0.15) is 6.10 Å². The Bertz CT molecular complexity index is 1170. The fourth-order valence-corrected chi connectivity index (χ4v) is 9.09. The zero-order chi connectivity index (χ0) is 25.9. The lowest BCUT2D eigenvalue weighted by Crippen LogP contribution is -2.71. The van der Waals surface area contributed by atoms with Crippen LogP contribution in [0.3, 0.4) is 0 Å². The standard InChI is InChI=1S/C33H43NO4/c1-37-27-14-13-24-18-26-25-19-32(21-35,15-6-5-10-22-8-3-2-4-9-22)30(36)31-33(25,28(24)29(27)38-31)16-17-34(26)20-23-11-7-12-23/h2-4,8-9,13-14,23,25-26,30-31,35-36H,5-7,10-12,15-21H2,1H3/t25?,26?,30-,31?,32+,33?/m0/s1. The number of hydrogen-bond acceptors (Lipinski definition) is 5. The fraction of sp³-hybridized carbons (Fsp3) is 0.636. The van der Waals surface area contributed by atoms with Gasteiger partial charge in [-0.3, -0.25) is 4.90 Å². The minimum atomic E-state index is -0.692. The van der Waals surface area contributed by atoms with Crippen LogP contribution in [0.5, 0.6) is 11.5 Å². The van der Waals surface area contributed by atoms with Crippen LogP contribution < -0.4 is 9.47 Å². The molecule has 2 aliphatic heterocycles. The third kappa shape index (κ3) is 3.61. The molecule has 3 fully saturated rings. The van der Waals surface area contributed by atoms with Crippen molar-refractivity contribution in [2.24, 2.45) is 17.3 Å².